The third kappa shape index (κ3) is 2.01. The molecule has 0 bridgehead atoms. The molecule has 4 nitrogen and oxygen atoms in total. The molecular formula is C12H13F2NO3S. The van der Waals surface area contributed by atoms with Gasteiger partial charge in [-0.25, -0.2) is 13.6 Å². The van der Waals surface area contributed by atoms with E-state index in [1.54, 1.807) is 0 Å². The van der Waals surface area contributed by atoms with E-state index in [9.17, 15) is 13.6 Å². The summed E-state index contributed by atoms with van der Waals surface area (Å²) in [6.45, 7) is 2.92. The van der Waals surface area contributed by atoms with E-state index >= 15 is 0 Å². The van der Waals surface area contributed by atoms with E-state index in [0.717, 1.165) is 24.4 Å². The third-order valence-electron chi connectivity index (χ3n) is 3.53. The molecule has 0 aromatic carbocycles. The Hall–Kier alpha value is -1.21. The Morgan fingerprint density at radius 1 is 1.53 bits per heavy atom. The maximum atomic E-state index is 12.8. The molecule has 19 heavy (non-hydrogen) atoms. The average molecular weight is 289 g/mol. The van der Waals surface area contributed by atoms with Gasteiger partial charge in [0.25, 0.3) is 6.43 Å². The van der Waals surface area contributed by atoms with Crippen LogP contribution in [0, 0.1) is 5.41 Å². The van der Waals surface area contributed by atoms with Crippen molar-refractivity contribution in [2.75, 3.05) is 38.3 Å². The predicted octanol–water partition coefficient (Wildman–Crippen LogP) is 2.31. The van der Waals surface area contributed by atoms with Gasteiger partial charge >= 0.3 is 5.97 Å². The van der Waals surface area contributed by atoms with Crippen LogP contribution in [0.4, 0.5) is 14.5 Å². The highest BCUT2D eigenvalue weighted by atomic mass is 32.1. The molecule has 2 aliphatic heterocycles. The summed E-state index contributed by atoms with van der Waals surface area (Å²) in [6.07, 6.45) is -2.57. The SMILES string of the molecule is COC(=O)c1sc(C(F)F)cc1N1CC2(COC2)C1. The first-order chi connectivity index (χ1) is 9.04. The lowest BCUT2D eigenvalue weighted by molar-refractivity contribution is -0.127. The zero-order valence-electron chi connectivity index (χ0n) is 10.3. The Kier molecular flexibility index (Phi) is 2.98. The molecule has 1 aromatic heterocycles. The number of esters is 1. The van der Waals surface area contributed by atoms with Gasteiger partial charge in [0.1, 0.15) is 4.88 Å². The molecule has 0 radical (unpaired) electrons. The van der Waals surface area contributed by atoms with Gasteiger partial charge in [-0.15, -0.1) is 11.3 Å². The molecule has 104 valence electrons. The monoisotopic (exact) mass is 289 g/mol. The van der Waals surface area contributed by atoms with E-state index in [4.69, 9.17) is 4.74 Å². The summed E-state index contributed by atoms with van der Waals surface area (Å²) in [7, 11) is 1.26. The van der Waals surface area contributed by atoms with Crippen LogP contribution in [-0.4, -0.2) is 39.4 Å². The first kappa shape index (κ1) is 12.8. The number of thiophene rings is 1. The molecule has 0 saturated carbocycles. The average Bonchev–Trinajstić information content (AvgIpc) is 2.69. The fourth-order valence-electron chi connectivity index (χ4n) is 2.49. The third-order valence-corrected chi connectivity index (χ3v) is 4.64. The lowest BCUT2D eigenvalue weighted by Crippen LogP contribution is -2.66. The first-order valence-corrected chi connectivity index (χ1v) is 6.69. The molecule has 0 N–H and O–H groups in total. The van der Waals surface area contributed by atoms with Crippen molar-refractivity contribution in [1.82, 2.24) is 0 Å². The molecule has 0 unspecified atom stereocenters. The van der Waals surface area contributed by atoms with Crippen molar-refractivity contribution < 1.29 is 23.0 Å². The Morgan fingerprint density at radius 2 is 2.21 bits per heavy atom. The first-order valence-electron chi connectivity index (χ1n) is 5.87. The number of carbonyl (C=O) groups excluding carboxylic acids is 1. The minimum absolute atomic E-state index is 0.0961. The molecule has 2 aliphatic rings. The number of halogens is 2. The highest BCUT2D eigenvalue weighted by Gasteiger charge is 2.50. The van der Waals surface area contributed by atoms with Gasteiger partial charge in [-0.2, -0.15) is 0 Å². The van der Waals surface area contributed by atoms with Crippen molar-refractivity contribution in [1.29, 1.82) is 0 Å². The second-order valence-corrected chi connectivity index (χ2v) is 6.09. The van der Waals surface area contributed by atoms with E-state index in [1.807, 2.05) is 4.90 Å². The minimum Gasteiger partial charge on any atom is -0.465 e. The molecule has 0 amide bonds. The van der Waals surface area contributed by atoms with Crippen molar-refractivity contribution in [2.45, 2.75) is 6.43 Å². The van der Waals surface area contributed by atoms with Gasteiger partial charge in [0, 0.05) is 13.1 Å². The van der Waals surface area contributed by atoms with Crippen LogP contribution in [0.2, 0.25) is 0 Å². The zero-order valence-corrected chi connectivity index (χ0v) is 11.1. The number of hydrogen-bond acceptors (Lipinski definition) is 5. The van der Waals surface area contributed by atoms with Crippen molar-refractivity contribution in [2.24, 2.45) is 5.41 Å². The van der Waals surface area contributed by atoms with Crippen LogP contribution in [-0.2, 0) is 9.47 Å². The summed E-state index contributed by atoms with van der Waals surface area (Å²) in [5.74, 6) is -0.558. The van der Waals surface area contributed by atoms with Crippen LogP contribution in [0.25, 0.3) is 0 Å². The lowest BCUT2D eigenvalue weighted by Gasteiger charge is -2.55. The van der Waals surface area contributed by atoms with E-state index in [0.29, 0.717) is 18.9 Å². The number of alkyl halides is 2. The molecule has 2 fully saturated rings. The molecular weight excluding hydrogens is 276 g/mol. The predicted molar refractivity (Wildman–Crippen MR) is 66.1 cm³/mol. The molecule has 1 spiro atoms. The highest BCUT2D eigenvalue weighted by Crippen LogP contribution is 2.44. The number of rotatable bonds is 3. The van der Waals surface area contributed by atoms with Crippen LogP contribution in [0.15, 0.2) is 6.07 Å². The Morgan fingerprint density at radius 3 is 2.68 bits per heavy atom. The van der Waals surface area contributed by atoms with E-state index in [-0.39, 0.29) is 15.2 Å². The molecule has 3 heterocycles. The second kappa shape index (κ2) is 4.42. The van der Waals surface area contributed by atoms with E-state index in [2.05, 4.69) is 4.74 Å². The Bertz CT molecular complexity index is 505. The standard InChI is InChI=1S/C12H13F2NO3S/c1-17-11(16)9-7(2-8(19-9)10(13)14)15-3-12(4-15)5-18-6-12/h2,10H,3-6H2,1H3. The number of carbonyl (C=O) groups is 1. The molecule has 1 aromatic rings. The van der Waals surface area contributed by atoms with Gasteiger partial charge in [-0.3, -0.25) is 0 Å². The molecule has 3 rings (SSSR count). The van der Waals surface area contributed by atoms with Gasteiger partial charge < -0.3 is 14.4 Å². The summed E-state index contributed by atoms with van der Waals surface area (Å²) < 4.78 is 35.4. The number of nitrogens with zero attached hydrogens (tertiary/aromatic N) is 1. The van der Waals surface area contributed by atoms with Crippen molar-refractivity contribution in [3.63, 3.8) is 0 Å². The smallest absolute Gasteiger partial charge is 0.350 e. The fourth-order valence-corrected chi connectivity index (χ4v) is 3.44. The maximum absolute atomic E-state index is 12.8. The van der Waals surface area contributed by atoms with E-state index < -0.39 is 12.4 Å². The Labute approximate surface area is 112 Å². The molecule has 0 aliphatic carbocycles. The maximum Gasteiger partial charge on any atom is 0.350 e. The van der Waals surface area contributed by atoms with Gasteiger partial charge in [-0.05, 0) is 6.07 Å². The van der Waals surface area contributed by atoms with Crippen LogP contribution in [0.3, 0.4) is 0 Å². The quantitative estimate of drug-likeness (QED) is 0.800. The van der Waals surface area contributed by atoms with Gasteiger partial charge in [-0.1, -0.05) is 0 Å². The van der Waals surface area contributed by atoms with Crippen molar-refractivity contribution in [3.8, 4) is 0 Å². The van der Waals surface area contributed by atoms with Gasteiger partial charge in [0.2, 0.25) is 0 Å². The largest absolute Gasteiger partial charge is 0.465 e. The normalized spacial score (nSPS) is 20.3. The number of ether oxygens (including phenoxy) is 2. The van der Waals surface area contributed by atoms with Crippen LogP contribution in [0.5, 0.6) is 0 Å². The van der Waals surface area contributed by atoms with Gasteiger partial charge in [0.15, 0.2) is 0 Å². The highest BCUT2D eigenvalue weighted by molar-refractivity contribution is 7.14. The topological polar surface area (TPSA) is 38.8 Å². The second-order valence-electron chi connectivity index (χ2n) is 5.00. The van der Waals surface area contributed by atoms with E-state index in [1.165, 1.54) is 13.2 Å². The van der Waals surface area contributed by atoms with Crippen LogP contribution in [0.1, 0.15) is 21.0 Å². The number of anilines is 1. The van der Waals surface area contributed by atoms with Crippen molar-refractivity contribution in [3.05, 3.63) is 15.8 Å². The number of methoxy groups -OCH3 is 1. The summed E-state index contributed by atoms with van der Waals surface area (Å²) in [4.78, 5) is 13.8. The summed E-state index contributed by atoms with van der Waals surface area (Å²) in [5, 5.41) is 0. The minimum atomic E-state index is -2.57. The lowest BCUT2D eigenvalue weighted by atomic mass is 9.78. The zero-order chi connectivity index (χ0) is 13.6. The molecule has 0 atom stereocenters. The van der Waals surface area contributed by atoms with Crippen molar-refractivity contribution >= 4 is 23.0 Å². The number of hydrogen-bond donors (Lipinski definition) is 0. The summed E-state index contributed by atoms with van der Waals surface area (Å²) >= 11 is 0.806. The van der Waals surface area contributed by atoms with Crippen LogP contribution >= 0.6 is 11.3 Å². The summed E-state index contributed by atoms with van der Waals surface area (Å²) in [6, 6.07) is 1.40. The molecule has 2 saturated heterocycles. The molecule has 7 heteroatoms. The Balaban J connectivity index is 1.85. The summed E-state index contributed by atoms with van der Waals surface area (Å²) in [5.41, 5.74) is 0.727. The van der Waals surface area contributed by atoms with Crippen LogP contribution < -0.4 is 4.90 Å². The fraction of sp³-hybridized carbons (Fsp3) is 0.583. The van der Waals surface area contributed by atoms with Gasteiger partial charge in [0.05, 0.1) is 36.3 Å².